The first-order valence-corrected chi connectivity index (χ1v) is 6.75. The summed E-state index contributed by atoms with van der Waals surface area (Å²) >= 11 is 0. The van der Waals surface area contributed by atoms with Crippen molar-refractivity contribution in [1.82, 2.24) is 5.32 Å². The molecule has 0 bridgehead atoms. The molecule has 0 radical (unpaired) electrons. The third kappa shape index (κ3) is 5.52. The zero-order valence-electron chi connectivity index (χ0n) is 11.5. The lowest BCUT2D eigenvalue weighted by atomic mass is 9.89. The van der Waals surface area contributed by atoms with Crippen molar-refractivity contribution >= 4 is 0 Å². The van der Waals surface area contributed by atoms with Crippen molar-refractivity contribution in [3.63, 3.8) is 0 Å². The second-order valence-electron chi connectivity index (χ2n) is 5.77. The molecule has 1 aliphatic carbocycles. The summed E-state index contributed by atoms with van der Waals surface area (Å²) in [5, 5.41) is 12.5. The first-order valence-electron chi connectivity index (χ1n) is 6.75. The summed E-state index contributed by atoms with van der Waals surface area (Å²) in [6.45, 7) is 5.10. The molecule has 3 heteroatoms. The molecule has 1 saturated carbocycles. The number of methoxy groups -OCH3 is 1. The van der Waals surface area contributed by atoms with Crippen LogP contribution in [-0.2, 0) is 4.74 Å². The number of hydrogen-bond acceptors (Lipinski definition) is 3. The van der Waals surface area contributed by atoms with Crippen LogP contribution in [0.25, 0.3) is 0 Å². The van der Waals surface area contributed by atoms with Crippen LogP contribution in [0.2, 0.25) is 0 Å². The fraction of sp³-hybridized carbons (Fsp3) is 0.929. The van der Waals surface area contributed by atoms with Gasteiger partial charge >= 0.3 is 0 Å². The Bertz CT molecular complexity index is 257. The molecule has 1 rings (SSSR count). The van der Waals surface area contributed by atoms with Crippen molar-refractivity contribution in [2.45, 2.75) is 64.5 Å². The molecule has 0 aliphatic heterocycles. The number of nitrogens with one attached hydrogen (secondary N) is 1. The molecule has 1 aliphatic rings. The van der Waals surface area contributed by atoms with Gasteiger partial charge in [0, 0.05) is 13.2 Å². The monoisotopic (exact) mass is 238 g/mol. The van der Waals surface area contributed by atoms with Crippen LogP contribution in [0, 0.1) is 16.7 Å². The Kier molecular flexibility index (Phi) is 5.94. The van der Waals surface area contributed by atoms with Crippen molar-refractivity contribution in [3.8, 4) is 6.07 Å². The van der Waals surface area contributed by atoms with E-state index in [0.717, 1.165) is 25.8 Å². The maximum atomic E-state index is 8.90. The minimum absolute atomic E-state index is 0.158. The minimum Gasteiger partial charge on any atom is -0.381 e. The van der Waals surface area contributed by atoms with Gasteiger partial charge in [0.05, 0.1) is 17.6 Å². The zero-order chi connectivity index (χ0) is 12.7. The lowest BCUT2D eigenvalue weighted by Crippen LogP contribution is -2.28. The molecule has 17 heavy (non-hydrogen) atoms. The molecule has 2 unspecified atom stereocenters. The van der Waals surface area contributed by atoms with Crippen molar-refractivity contribution in [1.29, 1.82) is 5.26 Å². The van der Waals surface area contributed by atoms with Crippen LogP contribution in [0.15, 0.2) is 0 Å². The maximum absolute atomic E-state index is 8.90. The van der Waals surface area contributed by atoms with Gasteiger partial charge in [-0.05, 0) is 52.5 Å². The molecule has 0 aromatic carbocycles. The standard InChI is InChI=1S/C14H26N2O/c1-14(2,11-15)8-4-5-9-16-12-6-7-13(10-12)17-3/h12-13,16H,4-10H2,1-3H3. The summed E-state index contributed by atoms with van der Waals surface area (Å²) in [5.74, 6) is 0. The summed E-state index contributed by atoms with van der Waals surface area (Å²) in [6.07, 6.45) is 7.34. The average molecular weight is 238 g/mol. The first kappa shape index (κ1) is 14.5. The average Bonchev–Trinajstić information content (AvgIpc) is 2.76. The van der Waals surface area contributed by atoms with Crippen LogP contribution in [0.5, 0.6) is 0 Å². The molecule has 1 N–H and O–H groups in total. The smallest absolute Gasteiger partial charge is 0.0683 e. The number of nitriles is 1. The highest BCUT2D eigenvalue weighted by molar-refractivity contribution is 4.91. The number of ether oxygens (including phenoxy) is 1. The highest BCUT2D eigenvalue weighted by Crippen LogP contribution is 2.23. The van der Waals surface area contributed by atoms with Crippen LogP contribution in [0.4, 0.5) is 0 Å². The van der Waals surface area contributed by atoms with Crippen LogP contribution < -0.4 is 5.32 Å². The zero-order valence-corrected chi connectivity index (χ0v) is 11.5. The van der Waals surface area contributed by atoms with Gasteiger partial charge in [-0.15, -0.1) is 0 Å². The molecule has 1 fully saturated rings. The van der Waals surface area contributed by atoms with Crippen molar-refractivity contribution in [2.24, 2.45) is 5.41 Å². The Hall–Kier alpha value is -0.590. The van der Waals surface area contributed by atoms with E-state index in [-0.39, 0.29) is 5.41 Å². The van der Waals surface area contributed by atoms with Crippen LogP contribution in [0.1, 0.15) is 52.4 Å². The van der Waals surface area contributed by atoms with Crippen LogP contribution in [0.3, 0.4) is 0 Å². The minimum atomic E-state index is -0.158. The van der Waals surface area contributed by atoms with Gasteiger partial charge in [-0.25, -0.2) is 0 Å². The van der Waals surface area contributed by atoms with Gasteiger partial charge in [0.1, 0.15) is 0 Å². The Morgan fingerprint density at radius 3 is 2.71 bits per heavy atom. The predicted molar refractivity (Wildman–Crippen MR) is 69.7 cm³/mol. The summed E-state index contributed by atoms with van der Waals surface area (Å²) < 4.78 is 5.35. The second-order valence-corrected chi connectivity index (χ2v) is 5.77. The van der Waals surface area contributed by atoms with E-state index in [9.17, 15) is 0 Å². The van der Waals surface area contributed by atoms with Gasteiger partial charge < -0.3 is 10.1 Å². The van der Waals surface area contributed by atoms with E-state index in [1.165, 1.54) is 19.3 Å². The quantitative estimate of drug-likeness (QED) is 0.694. The Morgan fingerprint density at radius 1 is 1.35 bits per heavy atom. The first-order chi connectivity index (χ1) is 8.07. The molecule has 0 aromatic heterocycles. The fourth-order valence-corrected chi connectivity index (χ4v) is 2.39. The number of unbranched alkanes of at least 4 members (excludes halogenated alkanes) is 1. The number of rotatable bonds is 7. The predicted octanol–water partition coefficient (Wildman–Crippen LogP) is 2.86. The van der Waals surface area contributed by atoms with E-state index in [0.29, 0.717) is 12.1 Å². The molecular formula is C14H26N2O. The van der Waals surface area contributed by atoms with E-state index in [1.54, 1.807) is 7.11 Å². The lowest BCUT2D eigenvalue weighted by Gasteiger charge is -2.16. The molecule has 98 valence electrons. The molecule has 0 spiro atoms. The summed E-state index contributed by atoms with van der Waals surface area (Å²) in [5.41, 5.74) is -0.158. The summed E-state index contributed by atoms with van der Waals surface area (Å²) in [7, 11) is 1.80. The highest BCUT2D eigenvalue weighted by Gasteiger charge is 2.23. The molecule has 0 aromatic rings. The largest absolute Gasteiger partial charge is 0.381 e. The lowest BCUT2D eigenvalue weighted by molar-refractivity contribution is 0.107. The molecule has 0 amide bonds. The SMILES string of the molecule is COC1CCC(NCCCCC(C)(C)C#N)C1. The number of nitrogens with zero attached hydrogens (tertiary/aromatic N) is 1. The van der Waals surface area contributed by atoms with Crippen molar-refractivity contribution in [3.05, 3.63) is 0 Å². The van der Waals surface area contributed by atoms with Gasteiger partial charge in [-0.2, -0.15) is 5.26 Å². The van der Waals surface area contributed by atoms with E-state index >= 15 is 0 Å². The maximum Gasteiger partial charge on any atom is 0.0683 e. The number of hydrogen-bond donors (Lipinski definition) is 1. The van der Waals surface area contributed by atoms with E-state index in [2.05, 4.69) is 11.4 Å². The molecular weight excluding hydrogens is 212 g/mol. The van der Waals surface area contributed by atoms with Gasteiger partial charge in [0.25, 0.3) is 0 Å². The Labute approximate surface area is 106 Å². The molecule has 0 saturated heterocycles. The Balaban J connectivity index is 2.00. The third-order valence-electron chi connectivity index (χ3n) is 3.68. The van der Waals surface area contributed by atoms with Crippen LogP contribution in [-0.4, -0.2) is 25.8 Å². The topological polar surface area (TPSA) is 45.0 Å². The van der Waals surface area contributed by atoms with E-state index in [1.807, 2.05) is 13.8 Å². The van der Waals surface area contributed by atoms with Crippen molar-refractivity contribution in [2.75, 3.05) is 13.7 Å². The third-order valence-corrected chi connectivity index (χ3v) is 3.68. The van der Waals surface area contributed by atoms with Gasteiger partial charge in [0.2, 0.25) is 0 Å². The van der Waals surface area contributed by atoms with E-state index in [4.69, 9.17) is 10.00 Å². The van der Waals surface area contributed by atoms with E-state index < -0.39 is 0 Å². The molecule has 2 atom stereocenters. The van der Waals surface area contributed by atoms with Crippen molar-refractivity contribution < 1.29 is 4.74 Å². The normalized spacial score (nSPS) is 24.8. The molecule has 0 heterocycles. The van der Waals surface area contributed by atoms with Gasteiger partial charge in [0.15, 0.2) is 0 Å². The Morgan fingerprint density at radius 2 is 2.12 bits per heavy atom. The van der Waals surface area contributed by atoms with Gasteiger partial charge in [-0.1, -0.05) is 6.42 Å². The fourth-order valence-electron chi connectivity index (χ4n) is 2.39. The van der Waals surface area contributed by atoms with Gasteiger partial charge in [-0.3, -0.25) is 0 Å². The summed E-state index contributed by atoms with van der Waals surface area (Å²) in [6, 6.07) is 2.99. The highest BCUT2D eigenvalue weighted by atomic mass is 16.5. The molecule has 3 nitrogen and oxygen atoms in total. The van der Waals surface area contributed by atoms with Crippen LogP contribution >= 0.6 is 0 Å². The second kappa shape index (κ2) is 6.98. The summed E-state index contributed by atoms with van der Waals surface area (Å²) in [4.78, 5) is 0.